The van der Waals surface area contributed by atoms with E-state index in [0.717, 1.165) is 0 Å². The lowest BCUT2D eigenvalue weighted by Gasteiger charge is -2.44. The van der Waals surface area contributed by atoms with Crippen molar-refractivity contribution in [3.05, 3.63) is 53.8 Å². The number of hydrogen-bond donors (Lipinski definition) is 6. The Balaban J connectivity index is 1.98. The standard InChI is InChI=1S/C22H26FN3O8/c1-2-33-22(32)25-15-8-7-13(9-14(15)24)26(10-11-3-5-12(23)6-4-11)20-18(29)16(27)17(28)19(34-20)21(30)31/h3-9,16-20,27-29H,2,10,24H2,1H3,(H,25,32)(H,30,31)/t16-,17-,18+,19-,20+/m0/s1. The van der Waals surface area contributed by atoms with Gasteiger partial charge in [0.1, 0.15) is 24.1 Å². The first-order valence-corrected chi connectivity index (χ1v) is 10.4. The van der Waals surface area contributed by atoms with E-state index in [1.807, 2.05) is 0 Å². The molecule has 7 N–H and O–H groups in total. The second-order valence-electron chi connectivity index (χ2n) is 7.63. The van der Waals surface area contributed by atoms with E-state index in [4.69, 9.17) is 15.2 Å². The average Bonchev–Trinajstić information content (AvgIpc) is 2.79. The quantitative estimate of drug-likeness (QED) is 0.313. The fourth-order valence-corrected chi connectivity index (χ4v) is 3.56. The number of nitrogens with zero attached hydrogens (tertiary/aromatic N) is 1. The van der Waals surface area contributed by atoms with Crippen LogP contribution in [0.15, 0.2) is 42.5 Å². The molecule has 0 saturated carbocycles. The monoisotopic (exact) mass is 479 g/mol. The maximum Gasteiger partial charge on any atom is 0.411 e. The molecule has 5 atom stereocenters. The van der Waals surface area contributed by atoms with Gasteiger partial charge in [-0.3, -0.25) is 5.32 Å². The van der Waals surface area contributed by atoms with Gasteiger partial charge in [0.05, 0.1) is 18.0 Å². The predicted molar refractivity (Wildman–Crippen MR) is 118 cm³/mol. The third kappa shape index (κ3) is 5.54. The minimum atomic E-state index is -1.86. The highest BCUT2D eigenvalue weighted by molar-refractivity contribution is 5.89. The summed E-state index contributed by atoms with van der Waals surface area (Å²) < 4.78 is 23.7. The minimum absolute atomic E-state index is 0.0126. The summed E-state index contributed by atoms with van der Waals surface area (Å²) in [5, 5.41) is 42.8. The number of aliphatic hydroxyl groups excluding tert-OH is 3. The van der Waals surface area contributed by atoms with Crippen LogP contribution in [0.4, 0.5) is 26.2 Å². The first-order valence-electron chi connectivity index (χ1n) is 10.4. The summed E-state index contributed by atoms with van der Waals surface area (Å²) >= 11 is 0. The smallest absolute Gasteiger partial charge is 0.411 e. The Labute approximate surface area is 194 Å². The molecule has 34 heavy (non-hydrogen) atoms. The van der Waals surface area contributed by atoms with E-state index in [9.17, 15) is 34.4 Å². The van der Waals surface area contributed by atoms with Crippen molar-refractivity contribution in [3.63, 3.8) is 0 Å². The number of anilines is 3. The molecular weight excluding hydrogens is 453 g/mol. The van der Waals surface area contributed by atoms with Gasteiger partial charge >= 0.3 is 12.1 Å². The van der Waals surface area contributed by atoms with Crippen LogP contribution in [0.25, 0.3) is 0 Å². The van der Waals surface area contributed by atoms with Crippen molar-refractivity contribution in [2.24, 2.45) is 0 Å². The van der Waals surface area contributed by atoms with Crippen LogP contribution >= 0.6 is 0 Å². The Bertz CT molecular complexity index is 1020. The van der Waals surface area contributed by atoms with Crippen molar-refractivity contribution in [2.45, 2.75) is 44.1 Å². The second-order valence-corrected chi connectivity index (χ2v) is 7.63. The number of aliphatic hydroxyl groups is 3. The zero-order chi connectivity index (χ0) is 25.0. The number of nitrogens with one attached hydrogen (secondary N) is 1. The molecule has 1 aliphatic rings. The van der Waals surface area contributed by atoms with Crippen LogP contribution in [0.3, 0.4) is 0 Å². The van der Waals surface area contributed by atoms with E-state index in [1.54, 1.807) is 6.92 Å². The summed E-state index contributed by atoms with van der Waals surface area (Å²) in [6.07, 6.45) is -9.34. The van der Waals surface area contributed by atoms with Crippen LogP contribution in [0.1, 0.15) is 12.5 Å². The van der Waals surface area contributed by atoms with Gasteiger partial charge in [-0.05, 0) is 42.8 Å². The van der Waals surface area contributed by atoms with Crippen LogP contribution in [0, 0.1) is 5.82 Å². The molecule has 1 amide bonds. The molecule has 0 spiro atoms. The van der Waals surface area contributed by atoms with Crippen LogP contribution < -0.4 is 16.0 Å². The zero-order valence-corrected chi connectivity index (χ0v) is 18.2. The fraction of sp³-hybridized carbons (Fsp3) is 0.364. The van der Waals surface area contributed by atoms with E-state index < -0.39 is 48.5 Å². The molecule has 0 bridgehead atoms. The van der Waals surface area contributed by atoms with E-state index in [1.165, 1.54) is 47.4 Å². The molecule has 11 nitrogen and oxygen atoms in total. The van der Waals surface area contributed by atoms with Gasteiger partial charge in [0.2, 0.25) is 0 Å². The van der Waals surface area contributed by atoms with Crippen LogP contribution in [0.2, 0.25) is 0 Å². The van der Waals surface area contributed by atoms with E-state index in [2.05, 4.69) is 5.32 Å². The molecular formula is C22H26FN3O8. The van der Waals surface area contributed by atoms with Crippen molar-refractivity contribution >= 4 is 29.1 Å². The first kappa shape index (κ1) is 25.2. The molecule has 3 rings (SSSR count). The normalized spacial score (nSPS) is 24.3. The topological polar surface area (TPSA) is 175 Å². The van der Waals surface area contributed by atoms with Gasteiger partial charge in [-0.15, -0.1) is 0 Å². The summed E-state index contributed by atoms with van der Waals surface area (Å²) in [4.78, 5) is 24.7. The number of benzene rings is 2. The highest BCUT2D eigenvalue weighted by atomic mass is 19.1. The number of rotatable bonds is 7. The summed E-state index contributed by atoms with van der Waals surface area (Å²) in [5.74, 6) is -1.99. The fourth-order valence-electron chi connectivity index (χ4n) is 3.56. The molecule has 1 heterocycles. The number of carboxylic acid groups (broad SMARTS) is 1. The number of amides is 1. The summed E-state index contributed by atoms with van der Waals surface area (Å²) in [6, 6.07) is 9.85. The predicted octanol–water partition coefficient (Wildman–Crippen LogP) is 0.875. The first-order chi connectivity index (χ1) is 16.1. The average molecular weight is 479 g/mol. The van der Waals surface area contributed by atoms with Gasteiger partial charge in [0.25, 0.3) is 0 Å². The molecule has 0 radical (unpaired) electrons. The number of nitrogen functional groups attached to an aromatic ring is 1. The number of hydrogen-bond acceptors (Lipinski definition) is 9. The van der Waals surface area contributed by atoms with Crippen molar-refractivity contribution < 1.29 is 43.9 Å². The molecule has 0 aromatic heterocycles. The van der Waals surface area contributed by atoms with E-state index in [0.29, 0.717) is 11.3 Å². The van der Waals surface area contributed by atoms with Gasteiger partial charge in [-0.25, -0.2) is 14.0 Å². The Morgan fingerprint density at radius 1 is 1.12 bits per heavy atom. The van der Waals surface area contributed by atoms with Crippen molar-refractivity contribution in [1.82, 2.24) is 0 Å². The van der Waals surface area contributed by atoms with Crippen molar-refractivity contribution in [2.75, 3.05) is 22.6 Å². The van der Waals surface area contributed by atoms with Gasteiger partial charge in [-0.2, -0.15) is 0 Å². The Kier molecular flexibility index (Phi) is 7.89. The molecule has 184 valence electrons. The van der Waals surface area contributed by atoms with E-state index >= 15 is 0 Å². The number of aliphatic carboxylic acids is 1. The lowest BCUT2D eigenvalue weighted by Crippen LogP contribution is -2.64. The minimum Gasteiger partial charge on any atom is -0.479 e. The number of carboxylic acids is 1. The molecule has 2 aromatic carbocycles. The van der Waals surface area contributed by atoms with Crippen LogP contribution in [-0.4, -0.2) is 69.7 Å². The molecule has 1 fully saturated rings. The maximum absolute atomic E-state index is 13.4. The van der Waals surface area contributed by atoms with Gasteiger partial charge in [-0.1, -0.05) is 12.1 Å². The van der Waals surface area contributed by atoms with Crippen LogP contribution in [0.5, 0.6) is 0 Å². The molecule has 0 aliphatic carbocycles. The largest absolute Gasteiger partial charge is 0.479 e. The SMILES string of the molecule is CCOC(=O)Nc1ccc(N(Cc2ccc(F)cc2)[C@@H]2O[C@H](C(=O)O)[C@@H](O)[C@H](O)[C@H]2O)cc1N. The summed E-state index contributed by atoms with van der Waals surface area (Å²) in [5.41, 5.74) is 7.33. The Hall–Kier alpha value is -3.45. The molecule has 1 saturated heterocycles. The van der Waals surface area contributed by atoms with E-state index in [-0.39, 0.29) is 24.5 Å². The second kappa shape index (κ2) is 10.7. The highest BCUT2D eigenvalue weighted by Crippen LogP contribution is 2.32. The van der Waals surface area contributed by atoms with Crippen molar-refractivity contribution in [3.8, 4) is 0 Å². The zero-order valence-electron chi connectivity index (χ0n) is 18.2. The lowest BCUT2D eigenvalue weighted by molar-refractivity contribution is -0.227. The van der Waals surface area contributed by atoms with Gasteiger partial charge < -0.3 is 40.5 Å². The highest BCUT2D eigenvalue weighted by Gasteiger charge is 2.49. The number of carbonyl (C=O) groups is 2. The molecule has 1 aliphatic heterocycles. The van der Waals surface area contributed by atoms with Gasteiger partial charge in [0, 0.05) is 12.2 Å². The van der Waals surface area contributed by atoms with Crippen LogP contribution in [-0.2, 0) is 20.8 Å². The third-order valence-electron chi connectivity index (χ3n) is 5.28. The Morgan fingerprint density at radius 3 is 2.38 bits per heavy atom. The molecule has 0 unspecified atom stereocenters. The number of nitrogens with two attached hydrogens (primary N) is 1. The van der Waals surface area contributed by atoms with Gasteiger partial charge in [0.15, 0.2) is 12.3 Å². The molecule has 2 aromatic rings. The number of halogens is 1. The summed E-state index contributed by atoms with van der Waals surface area (Å²) in [6.45, 7) is 1.79. The lowest BCUT2D eigenvalue weighted by atomic mass is 9.96. The van der Waals surface area contributed by atoms with Crippen molar-refractivity contribution in [1.29, 1.82) is 0 Å². The Morgan fingerprint density at radius 2 is 1.79 bits per heavy atom. The summed E-state index contributed by atoms with van der Waals surface area (Å²) in [7, 11) is 0. The maximum atomic E-state index is 13.4. The number of ether oxygens (including phenoxy) is 2. The number of carbonyl (C=O) groups excluding carboxylic acids is 1. The molecule has 12 heteroatoms. The third-order valence-corrected chi connectivity index (χ3v) is 5.28.